The van der Waals surface area contributed by atoms with Crippen molar-refractivity contribution in [3.63, 3.8) is 0 Å². The number of hydrogen-bond acceptors (Lipinski definition) is 0. The first-order valence-corrected chi connectivity index (χ1v) is 10.7. The molecule has 92 valence electrons. The monoisotopic (exact) mass is 508 g/mol. The van der Waals surface area contributed by atoms with Crippen LogP contribution in [0.1, 0.15) is 0 Å². The van der Waals surface area contributed by atoms with Crippen molar-refractivity contribution in [2.45, 2.75) is 0 Å². The molecule has 4 heteroatoms. The molecule has 0 bridgehead atoms. The van der Waals surface area contributed by atoms with Crippen LogP contribution in [0.5, 0.6) is 0 Å². The van der Waals surface area contributed by atoms with E-state index in [0.29, 0.717) is 0 Å². The van der Waals surface area contributed by atoms with E-state index in [1.54, 1.807) is 0 Å². The average molecular weight is 504 g/mol. The van der Waals surface area contributed by atoms with Crippen LogP contribution in [0.15, 0.2) is 66.8 Å². The Balaban J connectivity index is 2.06. The van der Waals surface area contributed by atoms with Crippen molar-refractivity contribution in [2.24, 2.45) is 0 Å². The Bertz CT molecular complexity index is 475. The SMILES string of the molecule is Cl/C([Te]c1ccccc1)=C(\Cl)[Te]c1ccccc1. The van der Waals surface area contributed by atoms with Crippen LogP contribution in [-0.2, 0) is 0 Å². The normalized spacial score (nSPS) is 12.1. The maximum absolute atomic E-state index is 6.35. The van der Waals surface area contributed by atoms with Crippen LogP contribution >= 0.6 is 23.2 Å². The van der Waals surface area contributed by atoms with Gasteiger partial charge in [-0.05, 0) is 0 Å². The molecule has 0 aliphatic carbocycles. The van der Waals surface area contributed by atoms with Gasteiger partial charge in [-0.3, -0.25) is 0 Å². The van der Waals surface area contributed by atoms with Gasteiger partial charge in [0.05, 0.1) is 0 Å². The standard InChI is InChI=1S/C14H10Cl2Te2/c15-13(17-11-7-3-1-4-8-11)14(16)18-12-9-5-2-6-10-12/h1-10H/b14-13-. The molecule has 0 amide bonds. The number of rotatable bonds is 4. The van der Waals surface area contributed by atoms with E-state index in [1.165, 1.54) is 7.22 Å². The van der Waals surface area contributed by atoms with Crippen LogP contribution in [0.25, 0.3) is 0 Å². The van der Waals surface area contributed by atoms with Crippen molar-refractivity contribution in [3.05, 3.63) is 66.8 Å². The van der Waals surface area contributed by atoms with E-state index < -0.39 is 41.8 Å². The molecule has 0 N–H and O–H groups in total. The van der Waals surface area contributed by atoms with E-state index in [2.05, 4.69) is 24.3 Å². The van der Waals surface area contributed by atoms with E-state index >= 15 is 0 Å². The van der Waals surface area contributed by atoms with Gasteiger partial charge in [0.2, 0.25) is 0 Å². The van der Waals surface area contributed by atoms with Crippen molar-refractivity contribution in [2.75, 3.05) is 0 Å². The van der Waals surface area contributed by atoms with Crippen LogP contribution in [-0.4, -0.2) is 41.8 Å². The van der Waals surface area contributed by atoms with Gasteiger partial charge < -0.3 is 0 Å². The molecule has 0 aromatic heterocycles. The van der Waals surface area contributed by atoms with E-state index in [4.69, 9.17) is 23.2 Å². The third-order valence-corrected chi connectivity index (χ3v) is 10.6. The second-order valence-corrected chi connectivity index (χ2v) is 11.7. The molecule has 0 atom stereocenters. The van der Waals surface area contributed by atoms with E-state index in [9.17, 15) is 0 Å². The summed E-state index contributed by atoms with van der Waals surface area (Å²) in [5, 5.41) is 0. The zero-order valence-corrected chi connectivity index (χ0v) is 15.5. The minimum atomic E-state index is -0.520. The molecule has 18 heavy (non-hydrogen) atoms. The van der Waals surface area contributed by atoms with Gasteiger partial charge in [-0.15, -0.1) is 0 Å². The molecule has 0 spiro atoms. The summed E-state index contributed by atoms with van der Waals surface area (Å²) in [5.41, 5.74) is 0. The third-order valence-electron chi connectivity index (χ3n) is 2.06. The Morgan fingerprint density at radius 2 is 0.944 bits per heavy atom. The molecule has 0 unspecified atom stereocenters. The molecular weight excluding hydrogens is 494 g/mol. The first-order chi connectivity index (χ1) is 8.75. The Labute approximate surface area is 138 Å². The van der Waals surface area contributed by atoms with Crippen LogP contribution in [0.3, 0.4) is 0 Å². The van der Waals surface area contributed by atoms with Gasteiger partial charge in [0.1, 0.15) is 0 Å². The van der Waals surface area contributed by atoms with E-state index in [-0.39, 0.29) is 0 Å². The number of halogens is 2. The average Bonchev–Trinajstić information content (AvgIpc) is 2.41. The Hall–Kier alpha value is 0.339. The van der Waals surface area contributed by atoms with Crippen molar-refractivity contribution in [1.29, 1.82) is 0 Å². The summed E-state index contributed by atoms with van der Waals surface area (Å²) in [6.45, 7) is 0. The molecule has 0 aliphatic heterocycles. The van der Waals surface area contributed by atoms with Crippen molar-refractivity contribution >= 4 is 72.3 Å². The van der Waals surface area contributed by atoms with Crippen LogP contribution in [0, 0.1) is 0 Å². The summed E-state index contributed by atoms with van der Waals surface area (Å²) in [6, 6.07) is 20.7. The van der Waals surface area contributed by atoms with Gasteiger partial charge >= 0.3 is 139 Å². The predicted molar refractivity (Wildman–Crippen MR) is 82.4 cm³/mol. The predicted octanol–water partition coefficient (Wildman–Crippen LogP) is 2.65. The van der Waals surface area contributed by atoms with Crippen LogP contribution in [0.4, 0.5) is 0 Å². The zero-order valence-electron chi connectivity index (χ0n) is 9.35. The van der Waals surface area contributed by atoms with Crippen LogP contribution in [0.2, 0.25) is 0 Å². The molecule has 2 rings (SSSR count). The molecular formula is C14H10Cl2Te2. The quantitative estimate of drug-likeness (QED) is 0.562. The van der Waals surface area contributed by atoms with Crippen molar-refractivity contribution in [3.8, 4) is 0 Å². The molecule has 0 fully saturated rings. The molecule has 0 saturated carbocycles. The summed E-state index contributed by atoms with van der Waals surface area (Å²) in [4.78, 5) is 0. The van der Waals surface area contributed by atoms with E-state index in [1.807, 2.05) is 36.4 Å². The van der Waals surface area contributed by atoms with Crippen molar-refractivity contribution in [1.82, 2.24) is 0 Å². The van der Waals surface area contributed by atoms with Gasteiger partial charge in [-0.2, -0.15) is 0 Å². The molecule has 0 heterocycles. The fourth-order valence-electron chi connectivity index (χ4n) is 1.26. The zero-order chi connectivity index (χ0) is 12.8. The molecule has 0 nitrogen and oxygen atoms in total. The fraction of sp³-hybridized carbons (Fsp3) is 0. The van der Waals surface area contributed by atoms with Gasteiger partial charge in [0.15, 0.2) is 0 Å². The molecule has 2 aromatic carbocycles. The molecule has 2 aromatic rings. The van der Waals surface area contributed by atoms with E-state index in [0.717, 1.165) is 6.16 Å². The van der Waals surface area contributed by atoms with Gasteiger partial charge in [0.25, 0.3) is 0 Å². The summed E-state index contributed by atoms with van der Waals surface area (Å²) in [7, 11) is 0. The Kier molecular flexibility index (Phi) is 6.40. The topological polar surface area (TPSA) is 0 Å². The summed E-state index contributed by atoms with van der Waals surface area (Å²) in [6.07, 6.45) is 0. The number of hydrogen-bond donors (Lipinski definition) is 0. The third kappa shape index (κ3) is 4.79. The minimum absolute atomic E-state index is 0.520. The van der Waals surface area contributed by atoms with Gasteiger partial charge in [-0.1, -0.05) is 0 Å². The number of benzene rings is 2. The summed E-state index contributed by atoms with van der Waals surface area (Å²) in [5.74, 6) is 0. The summed E-state index contributed by atoms with van der Waals surface area (Å²) >= 11 is 11.7. The Morgan fingerprint density at radius 3 is 1.28 bits per heavy atom. The Morgan fingerprint density at radius 1 is 0.611 bits per heavy atom. The first-order valence-electron chi connectivity index (χ1n) is 5.27. The van der Waals surface area contributed by atoms with Crippen molar-refractivity contribution < 1.29 is 0 Å². The molecule has 0 radical (unpaired) electrons. The fourth-order valence-corrected chi connectivity index (χ4v) is 7.89. The van der Waals surface area contributed by atoms with Gasteiger partial charge in [-0.25, -0.2) is 0 Å². The molecule has 0 saturated heterocycles. The van der Waals surface area contributed by atoms with Crippen LogP contribution < -0.4 is 7.22 Å². The van der Waals surface area contributed by atoms with Gasteiger partial charge in [0, 0.05) is 0 Å². The molecule has 0 aliphatic rings. The summed E-state index contributed by atoms with van der Waals surface area (Å²) < 4.78 is 4.46. The maximum atomic E-state index is 6.35. The first kappa shape index (κ1) is 14.7. The second kappa shape index (κ2) is 7.81. The second-order valence-electron chi connectivity index (χ2n) is 3.38.